The number of fused-ring (bicyclic) bond motifs is 2. The number of nitrogens with one attached hydrogen (secondary N) is 2. The van der Waals surface area contributed by atoms with E-state index in [1.54, 1.807) is 12.1 Å². The minimum Gasteiger partial charge on any atom is -0.345 e. The molecule has 0 spiro atoms. The molecule has 3 aromatic rings. The number of H-pyrrole nitrogens is 1. The number of hydrogen-bond acceptors (Lipinski definition) is 4. The average Bonchev–Trinajstić information content (AvgIpc) is 3.23. The highest BCUT2D eigenvalue weighted by Gasteiger charge is 2.35. The van der Waals surface area contributed by atoms with Crippen LogP contribution in [0.2, 0.25) is 0 Å². The van der Waals surface area contributed by atoms with Gasteiger partial charge in [0.15, 0.2) is 0 Å². The van der Waals surface area contributed by atoms with Crippen LogP contribution in [-0.4, -0.2) is 39.1 Å². The summed E-state index contributed by atoms with van der Waals surface area (Å²) in [5, 5.41) is 2.80. The van der Waals surface area contributed by atoms with Crippen LogP contribution in [0.3, 0.4) is 0 Å². The smallest absolute Gasteiger partial charge is 0.261 e. The highest BCUT2D eigenvalue weighted by Crippen LogP contribution is 2.25. The summed E-state index contributed by atoms with van der Waals surface area (Å²) >= 11 is 0. The number of carbonyl (C=O) groups excluding carboxylic acids is 3. The van der Waals surface area contributed by atoms with Gasteiger partial charge in [-0.25, -0.2) is 4.98 Å². The van der Waals surface area contributed by atoms with E-state index in [4.69, 9.17) is 0 Å². The Hall–Kier alpha value is -3.48. The van der Waals surface area contributed by atoms with Gasteiger partial charge in [0.1, 0.15) is 5.82 Å². The van der Waals surface area contributed by atoms with Crippen LogP contribution < -0.4 is 5.32 Å². The van der Waals surface area contributed by atoms with Crippen molar-refractivity contribution in [2.45, 2.75) is 26.8 Å². The molecule has 0 fully saturated rings. The molecule has 1 aromatic heterocycles. The van der Waals surface area contributed by atoms with Crippen molar-refractivity contribution in [2.24, 2.45) is 5.92 Å². The van der Waals surface area contributed by atoms with Gasteiger partial charge in [0.25, 0.3) is 17.7 Å². The Morgan fingerprint density at radius 2 is 1.86 bits per heavy atom. The molecule has 148 valence electrons. The van der Waals surface area contributed by atoms with E-state index in [2.05, 4.69) is 15.3 Å². The van der Waals surface area contributed by atoms with Crippen molar-refractivity contribution in [3.05, 3.63) is 65.0 Å². The van der Waals surface area contributed by atoms with Crippen LogP contribution in [0, 0.1) is 5.92 Å². The van der Waals surface area contributed by atoms with Gasteiger partial charge in [-0.05, 0) is 42.7 Å². The maximum atomic E-state index is 12.6. The third-order valence-corrected chi connectivity index (χ3v) is 5.02. The Morgan fingerprint density at radius 3 is 2.62 bits per heavy atom. The molecule has 4 rings (SSSR count). The van der Waals surface area contributed by atoms with Crippen molar-refractivity contribution in [3.8, 4) is 0 Å². The molecular weight excluding hydrogens is 368 g/mol. The lowest BCUT2D eigenvalue weighted by molar-refractivity contribution is 0.0647. The number of imide groups is 1. The summed E-state index contributed by atoms with van der Waals surface area (Å²) < 4.78 is 0. The molecule has 0 unspecified atom stereocenters. The lowest BCUT2D eigenvalue weighted by Gasteiger charge is -2.14. The van der Waals surface area contributed by atoms with Crippen molar-refractivity contribution in [2.75, 3.05) is 6.54 Å². The van der Waals surface area contributed by atoms with Crippen LogP contribution >= 0.6 is 0 Å². The van der Waals surface area contributed by atoms with Crippen LogP contribution in [0.15, 0.2) is 42.5 Å². The highest BCUT2D eigenvalue weighted by atomic mass is 16.2. The third kappa shape index (κ3) is 3.63. The Bertz CT molecular complexity index is 1080. The number of rotatable bonds is 6. The van der Waals surface area contributed by atoms with E-state index in [0.29, 0.717) is 29.4 Å². The molecule has 2 aromatic carbocycles. The summed E-state index contributed by atoms with van der Waals surface area (Å²) in [4.78, 5) is 46.5. The highest BCUT2D eigenvalue weighted by molar-refractivity contribution is 6.22. The molecule has 7 nitrogen and oxygen atoms in total. The lowest BCUT2D eigenvalue weighted by Crippen LogP contribution is -2.31. The molecule has 0 aliphatic carbocycles. The lowest BCUT2D eigenvalue weighted by atomic mass is 10.1. The van der Waals surface area contributed by atoms with Crippen molar-refractivity contribution in [3.63, 3.8) is 0 Å². The fraction of sp³-hybridized carbons (Fsp3) is 0.273. The molecule has 3 amide bonds. The van der Waals surface area contributed by atoms with Crippen LogP contribution in [0.1, 0.15) is 57.2 Å². The summed E-state index contributed by atoms with van der Waals surface area (Å²) in [5.41, 5.74) is 2.72. The van der Waals surface area contributed by atoms with Gasteiger partial charge in [-0.2, -0.15) is 0 Å². The number of hydrogen-bond donors (Lipinski definition) is 2. The molecule has 0 saturated heterocycles. The molecule has 0 bridgehead atoms. The SMILES string of the molecule is CC(C)CCN1C(=O)c2ccc(C(=O)NCc3nc4ccccc4[nH]3)cc2C1=O. The van der Waals surface area contributed by atoms with Gasteiger partial charge in [-0.3, -0.25) is 19.3 Å². The monoisotopic (exact) mass is 390 g/mol. The van der Waals surface area contributed by atoms with Crippen molar-refractivity contribution in [1.82, 2.24) is 20.2 Å². The molecule has 29 heavy (non-hydrogen) atoms. The fourth-order valence-electron chi connectivity index (χ4n) is 3.38. The molecule has 2 heterocycles. The predicted molar refractivity (Wildman–Crippen MR) is 109 cm³/mol. The van der Waals surface area contributed by atoms with E-state index in [9.17, 15) is 14.4 Å². The first-order valence-electron chi connectivity index (χ1n) is 9.66. The number of aromatic nitrogens is 2. The van der Waals surface area contributed by atoms with Gasteiger partial charge in [0.05, 0.1) is 28.7 Å². The number of nitrogens with zero attached hydrogens (tertiary/aromatic N) is 2. The van der Waals surface area contributed by atoms with E-state index in [1.165, 1.54) is 11.0 Å². The van der Waals surface area contributed by atoms with Crippen LogP contribution in [0.5, 0.6) is 0 Å². The zero-order valence-corrected chi connectivity index (χ0v) is 16.4. The maximum Gasteiger partial charge on any atom is 0.261 e. The van der Waals surface area contributed by atoms with E-state index >= 15 is 0 Å². The molecule has 2 N–H and O–H groups in total. The molecule has 0 atom stereocenters. The summed E-state index contributed by atoms with van der Waals surface area (Å²) in [6, 6.07) is 12.3. The van der Waals surface area contributed by atoms with E-state index in [-0.39, 0.29) is 29.8 Å². The van der Waals surface area contributed by atoms with Crippen LogP contribution in [0.4, 0.5) is 0 Å². The maximum absolute atomic E-state index is 12.6. The van der Waals surface area contributed by atoms with Crippen molar-refractivity contribution in [1.29, 1.82) is 0 Å². The number of imidazole rings is 1. The average molecular weight is 390 g/mol. The van der Waals surface area contributed by atoms with Crippen LogP contribution in [0.25, 0.3) is 11.0 Å². The number of carbonyl (C=O) groups is 3. The Morgan fingerprint density at radius 1 is 1.10 bits per heavy atom. The summed E-state index contributed by atoms with van der Waals surface area (Å²) in [6.45, 7) is 4.71. The van der Waals surface area contributed by atoms with Gasteiger partial charge >= 0.3 is 0 Å². The van der Waals surface area contributed by atoms with Crippen molar-refractivity contribution >= 4 is 28.8 Å². The molecule has 1 aliphatic rings. The zero-order valence-electron chi connectivity index (χ0n) is 16.4. The minimum atomic E-state index is -0.336. The Labute approximate surface area is 168 Å². The quantitative estimate of drug-likeness (QED) is 0.632. The van der Waals surface area contributed by atoms with E-state index in [1.807, 2.05) is 38.1 Å². The minimum absolute atomic E-state index is 0.234. The summed E-state index contributed by atoms with van der Waals surface area (Å²) in [5.74, 6) is 0.0809. The van der Waals surface area contributed by atoms with Gasteiger partial charge in [0, 0.05) is 12.1 Å². The Balaban J connectivity index is 1.47. The largest absolute Gasteiger partial charge is 0.345 e. The van der Waals surface area contributed by atoms with Crippen molar-refractivity contribution < 1.29 is 14.4 Å². The number of para-hydroxylation sites is 2. The first kappa shape index (κ1) is 18.9. The van der Waals surface area contributed by atoms with Gasteiger partial charge in [0.2, 0.25) is 0 Å². The second-order valence-electron chi connectivity index (χ2n) is 7.59. The molecule has 7 heteroatoms. The number of amides is 3. The number of aromatic amines is 1. The fourth-order valence-corrected chi connectivity index (χ4v) is 3.38. The molecular formula is C22H22N4O3. The summed E-state index contributed by atoms with van der Waals surface area (Å²) in [6.07, 6.45) is 0.746. The first-order valence-corrected chi connectivity index (χ1v) is 9.66. The first-order chi connectivity index (χ1) is 13.9. The Kier molecular flexibility index (Phi) is 4.88. The second-order valence-corrected chi connectivity index (χ2v) is 7.59. The van der Waals surface area contributed by atoms with Gasteiger partial charge in [-0.15, -0.1) is 0 Å². The molecule has 0 saturated carbocycles. The van der Waals surface area contributed by atoms with E-state index in [0.717, 1.165) is 17.5 Å². The van der Waals surface area contributed by atoms with Gasteiger partial charge in [-0.1, -0.05) is 26.0 Å². The zero-order chi connectivity index (χ0) is 20.5. The summed E-state index contributed by atoms with van der Waals surface area (Å²) in [7, 11) is 0. The van der Waals surface area contributed by atoms with Crippen LogP contribution in [-0.2, 0) is 6.54 Å². The predicted octanol–water partition coefficient (Wildman–Crippen LogP) is 3.14. The molecule has 0 radical (unpaired) electrons. The van der Waals surface area contributed by atoms with Gasteiger partial charge < -0.3 is 10.3 Å². The standard InChI is InChI=1S/C22H22N4O3/c1-13(2)9-10-26-21(28)15-8-7-14(11-16(15)22(26)29)20(27)23-12-19-24-17-5-3-4-6-18(17)25-19/h3-8,11,13H,9-10,12H2,1-2H3,(H,23,27)(H,24,25). The third-order valence-electron chi connectivity index (χ3n) is 5.02. The van der Waals surface area contributed by atoms with E-state index < -0.39 is 0 Å². The second kappa shape index (κ2) is 7.50. The number of benzene rings is 2. The topological polar surface area (TPSA) is 95.2 Å². The normalized spacial score (nSPS) is 13.4. The molecule has 1 aliphatic heterocycles.